The molecule has 0 spiro atoms. The molecule has 2 N–H and O–H groups in total. The molecule has 0 aliphatic carbocycles. The van der Waals surface area contributed by atoms with Crippen LogP contribution in [0.5, 0.6) is 0 Å². The Bertz CT molecular complexity index is 771. The number of aromatic nitrogens is 2. The second-order valence-electron chi connectivity index (χ2n) is 6.38. The van der Waals surface area contributed by atoms with Crippen molar-refractivity contribution < 1.29 is 14.7 Å². The molecule has 1 atom stereocenters. The van der Waals surface area contributed by atoms with E-state index in [1.54, 1.807) is 21.8 Å². The van der Waals surface area contributed by atoms with Gasteiger partial charge in [-0.3, -0.25) is 14.5 Å². The van der Waals surface area contributed by atoms with Gasteiger partial charge in [0.15, 0.2) is 0 Å². The minimum absolute atomic E-state index is 0.0760. The molecule has 1 aliphatic rings. The molecular weight excluding hydrogens is 320 g/mol. The minimum Gasteiger partial charge on any atom is -0.480 e. The fraction of sp³-hybridized carbons (Fsp3) is 0.389. The van der Waals surface area contributed by atoms with E-state index in [0.29, 0.717) is 25.3 Å². The molecule has 132 valence electrons. The summed E-state index contributed by atoms with van der Waals surface area (Å²) in [6.45, 7) is 3.30. The highest BCUT2D eigenvalue weighted by molar-refractivity contribution is 5.92. The number of hydrogen-bond acceptors (Lipinski definition) is 4. The number of hydrogen-bond donors (Lipinski definition) is 2. The van der Waals surface area contributed by atoms with Crippen LogP contribution in [0.15, 0.2) is 36.5 Å². The van der Waals surface area contributed by atoms with Crippen molar-refractivity contribution in [2.75, 3.05) is 18.4 Å². The molecule has 25 heavy (non-hydrogen) atoms. The molecule has 1 fully saturated rings. The van der Waals surface area contributed by atoms with Gasteiger partial charge in [-0.15, -0.1) is 0 Å². The van der Waals surface area contributed by atoms with Gasteiger partial charge in [-0.05, 0) is 31.9 Å². The van der Waals surface area contributed by atoms with Crippen molar-refractivity contribution in [1.82, 2.24) is 14.7 Å². The topological polar surface area (TPSA) is 87.5 Å². The predicted molar refractivity (Wildman–Crippen MR) is 93.4 cm³/mol. The van der Waals surface area contributed by atoms with Crippen LogP contribution in [0.25, 0.3) is 0 Å². The first-order valence-electron chi connectivity index (χ1n) is 8.37. The van der Waals surface area contributed by atoms with E-state index in [1.165, 1.54) is 5.56 Å². The number of carboxylic acid groups (broad SMARTS) is 1. The summed E-state index contributed by atoms with van der Waals surface area (Å²) in [5.74, 6) is -0.480. The van der Waals surface area contributed by atoms with Crippen LogP contribution in [-0.4, -0.2) is 50.8 Å². The monoisotopic (exact) mass is 342 g/mol. The van der Waals surface area contributed by atoms with Gasteiger partial charge < -0.3 is 10.4 Å². The van der Waals surface area contributed by atoms with Gasteiger partial charge in [0.2, 0.25) is 5.91 Å². The first kappa shape index (κ1) is 17.2. The average molecular weight is 342 g/mol. The summed E-state index contributed by atoms with van der Waals surface area (Å²) in [5.41, 5.74) is 2.27. The van der Waals surface area contributed by atoms with Crippen molar-refractivity contribution in [1.29, 1.82) is 0 Å². The number of amides is 1. The average Bonchev–Trinajstić information content (AvgIpc) is 3.17. The molecule has 0 unspecified atom stereocenters. The number of nitrogens with zero attached hydrogens (tertiary/aromatic N) is 3. The third-order valence-corrected chi connectivity index (χ3v) is 4.39. The summed E-state index contributed by atoms with van der Waals surface area (Å²) < 4.78 is 1.73. The second kappa shape index (κ2) is 7.48. The highest BCUT2D eigenvalue weighted by Gasteiger charge is 2.31. The third-order valence-electron chi connectivity index (χ3n) is 4.39. The fourth-order valence-corrected chi connectivity index (χ4v) is 3.21. The number of anilines is 1. The number of carbonyl (C=O) groups is 2. The zero-order valence-electron chi connectivity index (χ0n) is 14.2. The summed E-state index contributed by atoms with van der Waals surface area (Å²) in [5, 5.41) is 16.3. The zero-order chi connectivity index (χ0) is 17.8. The molecule has 7 heteroatoms. The van der Waals surface area contributed by atoms with Gasteiger partial charge in [0.25, 0.3) is 0 Å². The Morgan fingerprint density at radius 1 is 1.36 bits per heavy atom. The van der Waals surface area contributed by atoms with Crippen molar-refractivity contribution in [3.8, 4) is 0 Å². The molecule has 0 saturated carbocycles. The van der Waals surface area contributed by atoms with Crippen LogP contribution in [0.1, 0.15) is 24.0 Å². The lowest BCUT2D eigenvalue weighted by Crippen LogP contribution is -2.41. The molecule has 1 aliphatic heterocycles. The van der Waals surface area contributed by atoms with Gasteiger partial charge in [-0.2, -0.15) is 5.10 Å². The van der Waals surface area contributed by atoms with E-state index in [4.69, 9.17) is 0 Å². The molecule has 0 bridgehead atoms. The standard InChI is InChI=1S/C18H22N4O3/c1-13-4-2-5-14(10-13)11-22-16(7-8-19-22)20-17(23)12-21-9-3-6-15(21)18(24)25/h2,4-5,7-8,10,15H,3,6,9,11-12H2,1H3,(H,20,23)(H,24,25)/t15-/m0/s1. The Morgan fingerprint density at radius 2 is 2.20 bits per heavy atom. The van der Waals surface area contributed by atoms with Crippen LogP contribution in [0.4, 0.5) is 5.82 Å². The van der Waals surface area contributed by atoms with Gasteiger partial charge in [0.05, 0.1) is 19.3 Å². The molecule has 1 aromatic carbocycles. The lowest BCUT2D eigenvalue weighted by atomic mass is 10.1. The van der Waals surface area contributed by atoms with E-state index in [9.17, 15) is 14.7 Å². The van der Waals surface area contributed by atoms with E-state index >= 15 is 0 Å². The normalized spacial score (nSPS) is 17.6. The summed E-state index contributed by atoms with van der Waals surface area (Å²) in [6.07, 6.45) is 3.03. The first-order chi connectivity index (χ1) is 12.0. The third kappa shape index (κ3) is 4.24. The molecule has 1 amide bonds. The molecular formula is C18H22N4O3. The van der Waals surface area contributed by atoms with Crippen molar-refractivity contribution in [2.24, 2.45) is 0 Å². The number of carbonyl (C=O) groups excluding carboxylic acids is 1. The van der Waals surface area contributed by atoms with Gasteiger partial charge in [-0.25, -0.2) is 4.68 Å². The van der Waals surface area contributed by atoms with Crippen LogP contribution in [0.2, 0.25) is 0 Å². The van der Waals surface area contributed by atoms with Crippen molar-refractivity contribution in [2.45, 2.75) is 32.4 Å². The number of aliphatic carboxylic acids is 1. The van der Waals surface area contributed by atoms with Gasteiger partial charge >= 0.3 is 5.97 Å². The van der Waals surface area contributed by atoms with E-state index in [0.717, 1.165) is 12.0 Å². The smallest absolute Gasteiger partial charge is 0.320 e. The van der Waals surface area contributed by atoms with Crippen molar-refractivity contribution in [3.63, 3.8) is 0 Å². The maximum Gasteiger partial charge on any atom is 0.320 e. The van der Waals surface area contributed by atoms with Gasteiger partial charge in [0.1, 0.15) is 11.9 Å². The maximum absolute atomic E-state index is 12.3. The molecule has 1 aromatic heterocycles. The largest absolute Gasteiger partial charge is 0.480 e. The molecule has 7 nitrogen and oxygen atoms in total. The van der Waals surface area contributed by atoms with Crippen LogP contribution >= 0.6 is 0 Å². The summed E-state index contributed by atoms with van der Waals surface area (Å²) in [4.78, 5) is 25.2. The number of carboxylic acids is 1. The van der Waals surface area contributed by atoms with Crippen LogP contribution in [0, 0.1) is 6.92 Å². The quantitative estimate of drug-likeness (QED) is 0.835. The van der Waals surface area contributed by atoms with Crippen LogP contribution in [0.3, 0.4) is 0 Å². The molecule has 2 aromatic rings. The number of nitrogens with one attached hydrogen (secondary N) is 1. The van der Waals surface area contributed by atoms with Gasteiger partial charge in [0, 0.05) is 6.07 Å². The summed E-state index contributed by atoms with van der Waals surface area (Å²) in [6, 6.07) is 9.29. The highest BCUT2D eigenvalue weighted by atomic mass is 16.4. The van der Waals surface area contributed by atoms with Crippen molar-refractivity contribution in [3.05, 3.63) is 47.7 Å². The number of aryl methyl sites for hydroxylation is 1. The van der Waals surface area contributed by atoms with Crippen molar-refractivity contribution >= 4 is 17.7 Å². The second-order valence-corrected chi connectivity index (χ2v) is 6.38. The lowest BCUT2D eigenvalue weighted by Gasteiger charge is -2.20. The Kier molecular flexibility index (Phi) is 5.14. The number of likely N-dealkylation sites (tertiary alicyclic amines) is 1. The van der Waals surface area contributed by atoms with Gasteiger partial charge in [-0.1, -0.05) is 29.8 Å². The number of rotatable bonds is 6. The number of benzene rings is 1. The van der Waals surface area contributed by atoms with E-state index in [1.807, 2.05) is 25.1 Å². The maximum atomic E-state index is 12.3. The molecule has 3 rings (SSSR count). The Hall–Kier alpha value is -2.67. The Balaban J connectivity index is 1.63. The van der Waals surface area contributed by atoms with E-state index < -0.39 is 12.0 Å². The molecule has 1 saturated heterocycles. The minimum atomic E-state index is -0.866. The van der Waals surface area contributed by atoms with Crippen LogP contribution in [-0.2, 0) is 16.1 Å². The fourth-order valence-electron chi connectivity index (χ4n) is 3.21. The first-order valence-corrected chi connectivity index (χ1v) is 8.37. The predicted octanol–water partition coefficient (Wildman–Crippen LogP) is 1.73. The molecule has 0 radical (unpaired) electrons. The highest BCUT2D eigenvalue weighted by Crippen LogP contribution is 2.17. The van der Waals surface area contributed by atoms with E-state index in [-0.39, 0.29) is 12.5 Å². The summed E-state index contributed by atoms with van der Waals surface area (Å²) in [7, 11) is 0. The Morgan fingerprint density at radius 3 is 2.96 bits per heavy atom. The Labute approximate surface area is 146 Å². The zero-order valence-corrected chi connectivity index (χ0v) is 14.2. The molecule has 2 heterocycles. The van der Waals surface area contributed by atoms with Crippen LogP contribution < -0.4 is 5.32 Å². The SMILES string of the molecule is Cc1cccc(Cn2nccc2NC(=O)CN2CCC[C@H]2C(=O)O)c1. The summed E-state index contributed by atoms with van der Waals surface area (Å²) >= 11 is 0. The van der Waals surface area contributed by atoms with E-state index in [2.05, 4.69) is 16.5 Å². The lowest BCUT2D eigenvalue weighted by molar-refractivity contribution is -0.142.